The molecule has 0 bridgehead atoms. The van der Waals surface area contributed by atoms with Crippen molar-refractivity contribution in [3.8, 4) is 0 Å². The zero-order valence-corrected chi connectivity index (χ0v) is 15.3. The molecule has 0 amide bonds. The Bertz CT molecular complexity index is 817. The molecule has 7 heteroatoms. The van der Waals surface area contributed by atoms with Crippen LogP contribution in [0.2, 0.25) is 10.0 Å². The van der Waals surface area contributed by atoms with Crippen LogP contribution < -0.4 is 9.62 Å². The molecular formula is C17H18Cl2N2O2S. The van der Waals surface area contributed by atoms with E-state index < -0.39 is 10.0 Å². The van der Waals surface area contributed by atoms with Gasteiger partial charge >= 0.3 is 0 Å². The molecule has 24 heavy (non-hydrogen) atoms. The maximum Gasteiger partial charge on any atom is 0.236 e. The average molecular weight is 385 g/mol. The standard InChI is InChI=1S/C17H18Cl2N2O2S/c18-16-8-3-13(11-17(16)19)12-24(22,23)20-14-4-6-15(7-5-14)21-9-1-2-10-21/h3-8,11,20H,1-2,9-10,12H2. The van der Waals surface area contributed by atoms with E-state index in [0.29, 0.717) is 21.3 Å². The summed E-state index contributed by atoms with van der Waals surface area (Å²) < 4.78 is 27.2. The van der Waals surface area contributed by atoms with Crippen LogP contribution in [0.3, 0.4) is 0 Å². The van der Waals surface area contributed by atoms with Crippen LogP contribution in [0, 0.1) is 0 Å². The molecule has 1 aliphatic heterocycles. The van der Waals surface area contributed by atoms with Gasteiger partial charge in [-0.15, -0.1) is 0 Å². The van der Waals surface area contributed by atoms with Crippen LogP contribution >= 0.6 is 23.2 Å². The van der Waals surface area contributed by atoms with Crippen molar-refractivity contribution in [2.45, 2.75) is 18.6 Å². The second-order valence-corrected chi connectivity index (χ2v) is 8.39. The van der Waals surface area contributed by atoms with E-state index in [0.717, 1.165) is 18.8 Å². The quantitative estimate of drug-likeness (QED) is 0.823. The molecule has 1 saturated heterocycles. The van der Waals surface area contributed by atoms with Gasteiger partial charge in [-0.2, -0.15) is 0 Å². The third kappa shape index (κ3) is 4.35. The van der Waals surface area contributed by atoms with Crippen molar-refractivity contribution in [1.29, 1.82) is 0 Å². The number of hydrogen-bond donors (Lipinski definition) is 1. The summed E-state index contributed by atoms with van der Waals surface area (Å²) in [5, 5.41) is 0.752. The minimum Gasteiger partial charge on any atom is -0.372 e. The minimum atomic E-state index is -3.51. The van der Waals surface area contributed by atoms with E-state index in [2.05, 4.69) is 9.62 Å². The van der Waals surface area contributed by atoms with Gasteiger partial charge in [0.2, 0.25) is 10.0 Å². The molecule has 1 aliphatic rings. The van der Waals surface area contributed by atoms with E-state index >= 15 is 0 Å². The lowest BCUT2D eigenvalue weighted by atomic mass is 10.2. The summed E-state index contributed by atoms with van der Waals surface area (Å²) >= 11 is 11.8. The smallest absolute Gasteiger partial charge is 0.236 e. The highest BCUT2D eigenvalue weighted by atomic mass is 35.5. The van der Waals surface area contributed by atoms with Crippen LogP contribution in [0.5, 0.6) is 0 Å². The molecule has 1 fully saturated rings. The van der Waals surface area contributed by atoms with Crippen molar-refractivity contribution in [2.24, 2.45) is 0 Å². The molecule has 1 N–H and O–H groups in total. The fourth-order valence-corrected chi connectivity index (χ4v) is 4.29. The summed E-state index contributed by atoms with van der Waals surface area (Å²) in [6.07, 6.45) is 2.41. The second-order valence-electron chi connectivity index (χ2n) is 5.85. The average Bonchev–Trinajstić information content (AvgIpc) is 3.05. The SMILES string of the molecule is O=S(=O)(Cc1ccc(Cl)c(Cl)c1)Nc1ccc(N2CCCC2)cc1. The first-order chi connectivity index (χ1) is 11.4. The lowest BCUT2D eigenvalue weighted by Crippen LogP contribution is -2.18. The van der Waals surface area contributed by atoms with Gasteiger partial charge in [0.15, 0.2) is 0 Å². The van der Waals surface area contributed by atoms with E-state index in [9.17, 15) is 8.42 Å². The molecule has 0 atom stereocenters. The van der Waals surface area contributed by atoms with Gasteiger partial charge in [0.1, 0.15) is 0 Å². The van der Waals surface area contributed by atoms with Gasteiger partial charge in [0.25, 0.3) is 0 Å². The fraction of sp³-hybridized carbons (Fsp3) is 0.294. The van der Waals surface area contributed by atoms with Crippen LogP contribution in [-0.2, 0) is 15.8 Å². The molecule has 4 nitrogen and oxygen atoms in total. The third-order valence-electron chi connectivity index (χ3n) is 3.95. The highest BCUT2D eigenvalue weighted by Crippen LogP contribution is 2.25. The Hall–Kier alpha value is -1.43. The zero-order chi connectivity index (χ0) is 17.2. The topological polar surface area (TPSA) is 49.4 Å². The van der Waals surface area contributed by atoms with Gasteiger partial charge in [-0.3, -0.25) is 4.72 Å². The molecule has 0 aromatic heterocycles. The van der Waals surface area contributed by atoms with Crippen molar-refractivity contribution in [3.63, 3.8) is 0 Å². The van der Waals surface area contributed by atoms with Gasteiger partial charge < -0.3 is 4.90 Å². The Morgan fingerprint density at radius 1 is 0.958 bits per heavy atom. The molecule has 0 saturated carbocycles. The molecule has 0 unspecified atom stereocenters. The van der Waals surface area contributed by atoms with E-state index in [4.69, 9.17) is 23.2 Å². The molecule has 3 rings (SSSR count). The lowest BCUT2D eigenvalue weighted by Gasteiger charge is -2.18. The number of nitrogens with one attached hydrogen (secondary N) is 1. The summed E-state index contributed by atoms with van der Waals surface area (Å²) in [6, 6.07) is 12.3. The fourth-order valence-electron chi connectivity index (χ4n) is 2.78. The molecule has 128 valence electrons. The zero-order valence-electron chi connectivity index (χ0n) is 13.0. The summed E-state index contributed by atoms with van der Waals surface area (Å²) in [6.45, 7) is 2.12. The number of sulfonamides is 1. The predicted molar refractivity (Wildman–Crippen MR) is 101 cm³/mol. The van der Waals surface area contributed by atoms with Gasteiger partial charge in [0.05, 0.1) is 15.8 Å². The molecule has 2 aromatic rings. The van der Waals surface area contributed by atoms with Crippen LogP contribution in [0.1, 0.15) is 18.4 Å². The molecule has 0 aliphatic carbocycles. The van der Waals surface area contributed by atoms with Crippen LogP contribution in [0.25, 0.3) is 0 Å². The van der Waals surface area contributed by atoms with Gasteiger partial charge in [0, 0.05) is 24.5 Å². The molecule has 2 aromatic carbocycles. The Morgan fingerprint density at radius 2 is 1.62 bits per heavy atom. The number of halogens is 2. The minimum absolute atomic E-state index is 0.155. The summed E-state index contributed by atoms with van der Waals surface area (Å²) in [4.78, 5) is 2.30. The monoisotopic (exact) mass is 384 g/mol. The van der Waals surface area contributed by atoms with Crippen molar-refractivity contribution < 1.29 is 8.42 Å². The summed E-state index contributed by atoms with van der Waals surface area (Å²) in [5.41, 5.74) is 2.27. The van der Waals surface area contributed by atoms with Crippen molar-refractivity contribution in [1.82, 2.24) is 0 Å². The first-order valence-corrected chi connectivity index (χ1v) is 10.1. The molecule has 0 spiro atoms. The van der Waals surface area contributed by atoms with Gasteiger partial charge in [-0.25, -0.2) is 8.42 Å². The second kappa shape index (κ2) is 7.21. The highest BCUT2D eigenvalue weighted by molar-refractivity contribution is 7.91. The first-order valence-electron chi connectivity index (χ1n) is 7.72. The van der Waals surface area contributed by atoms with E-state index in [1.165, 1.54) is 12.8 Å². The first kappa shape index (κ1) is 17.4. The highest BCUT2D eigenvalue weighted by Gasteiger charge is 2.15. The Labute approximate surface area is 152 Å². The van der Waals surface area contributed by atoms with Gasteiger partial charge in [-0.1, -0.05) is 29.3 Å². The Balaban J connectivity index is 1.68. The lowest BCUT2D eigenvalue weighted by molar-refractivity contribution is 0.600. The number of benzene rings is 2. The van der Waals surface area contributed by atoms with Crippen molar-refractivity contribution in [2.75, 3.05) is 22.7 Å². The summed E-state index contributed by atoms with van der Waals surface area (Å²) in [5.74, 6) is -0.155. The van der Waals surface area contributed by atoms with E-state index in [1.54, 1.807) is 30.3 Å². The van der Waals surface area contributed by atoms with E-state index in [-0.39, 0.29) is 5.75 Å². The normalized spacial score (nSPS) is 14.8. The number of nitrogens with zero attached hydrogens (tertiary/aromatic N) is 1. The maximum absolute atomic E-state index is 12.3. The largest absolute Gasteiger partial charge is 0.372 e. The molecule has 1 heterocycles. The number of rotatable bonds is 5. The Morgan fingerprint density at radius 3 is 2.25 bits per heavy atom. The van der Waals surface area contributed by atoms with Crippen LogP contribution in [0.15, 0.2) is 42.5 Å². The van der Waals surface area contributed by atoms with Gasteiger partial charge in [-0.05, 0) is 54.8 Å². The summed E-state index contributed by atoms with van der Waals surface area (Å²) in [7, 11) is -3.51. The molecular weight excluding hydrogens is 367 g/mol. The van der Waals surface area contributed by atoms with Crippen LogP contribution in [-0.4, -0.2) is 21.5 Å². The van der Waals surface area contributed by atoms with Crippen LogP contribution in [0.4, 0.5) is 11.4 Å². The van der Waals surface area contributed by atoms with Crippen molar-refractivity contribution >= 4 is 44.6 Å². The molecule has 0 radical (unpaired) electrons. The third-order valence-corrected chi connectivity index (χ3v) is 5.95. The van der Waals surface area contributed by atoms with E-state index in [1.807, 2.05) is 12.1 Å². The van der Waals surface area contributed by atoms with Crippen molar-refractivity contribution in [3.05, 3.63) is 58.1 Å². The predicted octanol–water partition coefficient (Wildman–Crippen LogP) is 4.54. The number of hydrogen-bond acceptors (Lipinski definition) is 3. The maximum atomic E-state index is 12.3. The number of anilines is 2. The Kier molecular flexibility index (Phi) is 5.23.